The van der Waals surface area contributed by atoms with Gasteiger partial charge in [-0.05, 0) is 26.2 Å². The van der Waals surface area contributed by atoms with Gasteiger partial charge in [-0.2, -0.15) is 0 Å². The quantitative estimate of drug-likeness (QED) is 0.889. The van der Waals surface area contributed by atoms with Gasteiger partial charge in [-0.15, -0.1) is 10.2 Å². The maximum Gasteiger partial charge on any atom is 0.220 e. The van der Waals surface area contributed by atoms with Crippen LogP contribution >= 0.6 is 0 Å². The monoisotopic (exact) mass is 250 g/mol. The lowest BCUT2D eigenvalue weighted by molar-refractivity contribution is -0.121. The summed E-state index contributed by atoms with van der Waals surface area (Å²) >= 11 is 0. The van der Waals surface area contributed by atoms with E-state index in [4.69, 9.17) is 0 Å². The standard InChI is InChI=1S/C13H22N4O/c1-3-7-12(18)14-10(2)13-16-15-11-8-5-4-6-9-17(11)13/h10H,3-9H2,1-2H3,(H,14,18). The average molecular weight is 250 g/mol. The molecule has 2 rings (SSSR count). The Morgan fingerprint density at radius 1 is 1.39 bits per heavy atom. The fourth-order valence-corrected chi connectivity index (χ4v) is 2.43. The van der Waals surface area contributed by atoms with Crippen molar-refractivity contribution in [3.8, 4) is 0 Å². The molecule has 1 unspecified atom stereocenters. The van der Waals surface area contributed by atoms with Gasteiger partial charge in [-0.1, -0.05) is 13.3 Å². The van der Waals surface area contributed by atoms with Crippen LogP contribution in [0, 0.1) is 0 Å². The summed E-state index contributed by atoms with van der Waals surface area (Å²) in [7, 11) is 0. The molecular formula is C13H22N4O. The second-order valence-electron chi connectivity index (χ2n) is 4.98. The molecule has 1 aromatic heterocycles. The number of aromatic nitrogens is 3. The summed E-state index contributed by atoms with van der Waals surface area (Å²) in [6, 6.07) is -0.0524. The predicted molar refractivity (Wildman–Crippen MR) is 69.0 cm³/mol. The van der Waals surface area contributed by atoms with E-state index >= 15 is 0 Å². The third kappa shape index (κ3) is 2.89. The summed E-state index contributed by atoms with van der Waals surface area (Å²) in [5.74, 6) is 2.06. The molecule has 0 aliphatic carbocycles. The van der Waals surface area contributed by atoms with Crippen molar-refractivity contribution in [3.63, 3.8) is 0 Å². The molecule has 1 aliphatic heterocycles. The minimum atomic E-state index is -0.0524. The molecule has 2 heterocycles. The number of nitrogens with zero attached hydrogens (tertiary/aromatic N) is 3. The van der Waals surface area contributed by atoms with Gasteiger partial charge >= 0.3 is 0 Å². The Bertz CT molecular complexity index is 413. The number of carbonyl (C=O) groups excluding carboxylic acids is 1. The summed E-state index contributed by atoms with van der Waals surface area (Å²) in [5, 5.41) is 11.5. The predicted octanol–water partition coefficient (Wildman–Crippen LogP) is 1.98. The highest BCUT2D eigenvalue weighted by atomic mass is 16.1. The zero-order chi connectivity index (χ0) is 13.0. The minimum Gasteiger partial charge on any atom is -0.346 e. The highest BCUT2D eigenvalue weighted by Crippen LogP contribution is 2.18. The van der Waals surface area contributed by atoms with E-state index in [9.17, 15) is 4.79 Å². The zero-order valence-corrected chi connectivity index (χ0v) is 11.3. The molecule has 0 radical (unpaired) electrons. The number of amides is 1. The molecular weight excluding hydrogens is 228 g/mol. The van der Waals surface area contributed by atoms with Crippen LogP contribution in [0.15, 0.2) is 0 Å². The Balaban J connectivity index is 2.08. The Kier molecular flexibility index (Phi) is 4.33. The molecule has 5 heteroatoms. The lowest BCUT2D eigenvalue weighted by Gasteiger charge is -2.15. The molecule has 0 bridgehead atoms. The van der Waals surface area contributed by atoms with Crippen molar-refractivity contribution in [2.45, 2.75) is 65.0 Å². The van der Waals surface area contributed by atoms with Gasteiger partial charge in [-0.3, -0.25) is 4.79 Å². The smallest absolute Gasteiger partial charge is 0.220 e. The normalized spacial score (nSPS) is 16.8. The molecule has 0 aromatic carbocycles. The molecule has 5 nitrogen and oxygen atoms in total. The highest BCUT2D eigenvalue weighted by molar-refractivity contribution is 5.76. The first-order valence-corrected chi connectivity index (χ1v) is 6.93. The van der Waals surface area contributed by atoms with E-state index in [1.807, 2.05) is 13.8 Å². The van der Waals surface area contributed by atoms with Gasteiger partial charge in [0.05, 0.1) is 6.04 Å². The van der Waals surface area contributed by atoms with Crippen LogP contribution < -0.4 is 5.32 Å². The van der Waals surface area contributed by atoms with Gasteiger partial charge in [0.2, 0.25) is 5.91 Å². The Labute approximate surface area is 108 Å². The van der Waals surface area contributed by atoms with Crippen molar-refractivity contribution < 1.29 is 4.79 Å². The Morgan fingerprint density at radius 2 is 2.22 bits per heavy atom. The van der Waals surface area contributed by atoms with Gasteiger partial charge in [0, 0.05) is 19.4 Å². The van der Waals surface area contributed by atoms with Crippen molar-refractivity contribution in [1.82, 2.24) is 20.1 Å². The fraction of sp³-hybridized carbons (Fsp3) is 0.769. The highest BCUT2D eigenvalue weighted by Gasteiger charge is 2.20. The van der Waals surface area contributed by atoms with E-state index in [0.29, 0.717) is 6.42 Å². The third-order valence-corrected chi connectivity index (χ3v) is 3.38. The van der Waals surface area contributed by atoms with Gasteiger partial charge < -0.3 is 9.88 Å². The average Bonchev–Trinajstić information content (AvgIpc) is 2.59. The van der Waals surface area contributed by atoms with Crippen molar-refractivity contribution in [2.75, 3.05) is 0 Å². The van der Waals surface area contributed by atoms with Crippen molar-refractivity contribution in [3.05, 3.63) is 11.6 Å². The van der Waals surface area contributed by atoms with Crippen LogP contribution in [0.1, 0.15) is 63.6 Å². The number of carbonyl (C=O) groups is 1. The van der Waals surface area contributed by atoms with Crippen LogP contribution in [0.25, 0.3) is 0 Å². The number of hydrogen-bond acceptors (Lipinski definition) is 3. The molecule has 1 aliphatic rings. The summed E-state index contributed by atoms with van der Waals surface area (Å²) in [4.78, 5) is 11.6. The summed E-state index contributed by atoms with van der Waals surface area (Å²) < 4.78 is 2.18. The van der Waals surface area contributed by atoms with E-state index < -0.39 is 0 Å². The van der Waals surface area contributed by atoms with Crippen molar-refractivity contribution in [2.24, 2.45) is 0 Å². The summed E-state index contributed by atoms with van der Waals surface area (Å²) in [5.41, 5.74) is 0. The van der Waals surface area contributed by atoms with Crippen LogP contribution in [0.4, 0.5) is 0 Å². The van der Waals surface area contributed by atoms with E-state index in [0.717, 1.165) is 31.0 Å². The molecule has 0 saturated carbocycles. The van der Waals surface area contributed by atoms with E-state index in [2.05, 4.69) is 20.1 Å². The van der Waals surface area contributed by atoms with Crippen LogP contribution in [-0.4, -0.2) is 20.7 Å². The molecule has 1 atom stereocenters. The van der Waals surface area contributed by atoms with Gasteiger partial charge in [0.15, 0.2) is 5.82 Å². The number of hydrogen-bond donors (Lipinski definition) is 1. The van der Waals surface area contributed by atoms with Crippen LogP contribution in [-0.2, 0) is 17.8 Å². The van der Waals surface area contributed by atoms with E-state index in [1.54, 1.807) is 0 Å². The molecule has 18 heavy (non-hydrogen) atoms. The Hall–Kier alpha value is -1.39. The first-order valence-electron chi connectivity index (χ1n) is 6.93. The molecule has 100 valence electrons. The topological polar surface area (TPSA) is 59.8 Å². The van der Waals surface area contributed by atoms with E-state index in [1.165, 1.54) is 19.3 Å². The maximum absolute atomic E-state index is 11.6. The van der Waals surface area contributed by atoms with Gasteiger partial charge in [-0.25, -0.2) is 0 Å². The second-order valence-corrected chi connectivity index (χ2v) is 4.98. The first kappa shape index (κ1) is 13.1. The van der Waals surface area contributed by atoms with Crippen LogP contribution in [0.3, 0.4) is 0 Å². The fourth-order valence-electron chi connectivity index (χ4n) is 2.43. The SMILES string of the molecule is CCCC(=O)NC(C)c1nnc2n1CCCCC2. The van der Waals surface area contributed by atoms with Crippen LogP contribution in [0.2, 0.25) is 0 Å². The van der Waals surface area contributed by atoms with Crippen LogP contribution in [0.5, 0.6) is 0 Å². The lowest BCUT2D eigenvalue weighted by Crippen LogP contribution is -2.28. The van der Waals surface area contributed by atoms with Crippen molar-refractivity contribution >= 4 is 5.91 Å². The van der Waals surface area contributed by atoms with Gasteiger partial charge in [0.25, 0.3) is 0 Å². The minimum absolute atomic E-state index is 0.0524. The number of rotatable bonds is 4. The maximum atomic E-state index is 11.6. The molecule has 0 spiro atoms. The zero-order valence-electron chi connectivity index (χ0n) is 11.3. The molecule has 1 aromatic rings. The van der Waals surface area contributed by atoms with Crippen molar-refractivity contribution in [1.29, 1.82) is 0 Å². The van der Waals surface area contributed by atoms with Gasteiger partial charge in [0.1, 0.15) is 5.82 Å². The summed E-state index contributed by atoms with van der Waals surface area (Å²) in [6.07, 6.45) is 6.06. The largest absolute Gasteiger partial charge is 0.346 e. The number of aryl methyl sites for hydroxylation is 1. The van der Waals surface area contributed by atoms with E-state index in [-0.39, 0.29) is 11.9 Å². The number of nitrogens with one attached hydrogen (secondary N) is 1. The summed E-state index contributed by atoms with van der Waals surface area (Å²) in [6.45, 7) is 4.97. The molecule has 1 amide bonds. The third-order valence-electron chi connectivity index (χ3n) is 3.38. The Morgan fingerprint density at radius 3 is 3.00 bits per heavy atom. The lowest BCUT2D eigenvalue weighted by atomic mass is 10.2. The first-order chi connectivity index (χ1) is 8.72. The molecule has 0 fully saturated rings. The number of fused-ring (bicyclic) bond motifs is 1. The molecule has 0 saturated heterocycles. The second kappa shape index (κ2) is 5.98. The molecule has 1 N–H and O–H groups in total.